The summed E-state index contributed by atoms with van der Waals surface area (Å²) in [7, 11) is 2.16. The first-order valence-corrected chi connectivity index (χ1v) is 8.24. The number of hydrogen-bond acceptors (Lipinski definition) is 2. The zero-order valence-corrected chi connectivity index (χ0v) is 15.0. The Morgan fingerprint density at radius 2 is 1.90 bits per heavy atom. The Balaban J connectivity index is 2.62. The summed E-state index contributed by atoms with van der Waals surface area (Å²) in [4.78, 5) is 14.4. The van der Waals surface area contributed by atoms with Gasteiger partial charge in [0.05, 0.1) is 5.38 Å². The minimum absolute atomic E-state index is 0.0237. The highest BCUT2D eigenvalue weighted by atomic mass is 35.5. The van der Waals surface area contributed by atoms with Crippen molar-refractivity contribution >= 4 is 17.4 Å². The van der Waals surface area contributed by atoms with Gasteiger partial charge < -0.3 is 9.47 Å². The second-order valence-electron chi connectivity index (χ2n) is 6.20. The molecule has 0 aromatic carbocycles. The van der Waals surface area contributed by atoms with Gasteiger partial charge in [0.25, 0.3) is 0 Å². The average molecular weight is 313 g/mol. The van der Waals surface area contributed by atoms with E-state index in [9.17, 15) is 4.79 Å². The predicted octanol–water partition coefficient (Wildman–Crippen LogP) is 4.04. The maximum Gasteiger partial charge on any atom is 0.182 e. The number of alkyl halides is 1. The van der Waals surface area contributed by atoms with E-state index in [-0.39, 0.29) is 5.78 Å². The van der Waals surface area contributed by atoms with E-state index in [1.807, 2.05) is 13.0 Å². The molecule has 3 nitrogen and oxygen atoms in total. The van der Waals surface area contributed by atoms with Gasteiger partial charge in [-0.3, -0.25) is 4.79 Å². The number of carbonyl (C=O) groups is 1. The minimum Gasteiger partial charge on any atom is -0.348 e. The van der Waals surface area contributed by atoms with Crippen LogP contribution in [0.1, 0.15) is 55.4 Å². The Morgan fingerprint density at radius 1 is 1.29 bits per heavy atom. The molecule has 0 saturated heterocycles. The summed E-state index contributed by atoms with van der Waals surface area (Å²) in [6.45, 7) is 12.3. The summed E-state index contributed by atoms with van der Waals surface area (Å²) in [5.41, 5.74) is 2.96. The first-order valence-electron chi connectivity index (χ1n) is 7.81. The molecule has 1 unspecified atom stereocenters. The second-order valence-corrected chi connectivity index (χ2v) is 6.85. The Kier molecular flexibility index (Phi) is 6.95. The topological polar surface area (TPSA) is 25.2 Å². The third kappa shape index (κ3) is 4.86. The van der Waals surface area contributed by atoms with E-state index < -0.39 is 5.38 Å². The SMILES string of the molecule is Cc1cc(C(=O)C(C)Cl)c(C)n1CCCCN(C)C(C)C. The fraction of sp³-hybridized carbons (Fsp3) is 0.706. The van der Waals surface area contributed by atoms with Crippen molar-refractivity contribution in [3.05, 3.63) is 23.0 Å². The molecule has 0 spiro atoms. The molecular formula is C17H29ClN2O. The summed E-state index contributed by atoms with van der Waals surface area (Å²) >= 11 is 5.92. The largest absolute Gasteiger partial charge is 0.348 e. The third-order valence-electron chi connectivity index (χ3n) is 4.22. The van der Waals surface area contributed by atoms with Gasteiger partial charge in [0.15, 0.2) is 5.78 Å². The summed E-state index contributed by atoms with van der Waals surface area (Å²) in [6, 6.07) is 2.56. The summed E-state index contributed by atoms with van der Waals surface area (Å²) in [5.74, 6) is 0.0237. The zero-order valence-electron chi connectivity index (χ0n) is 14.2. The fourth-order valence-corrected chi connectivity index (χ4v) is 2.62. The van der Waals surface area contributed by atoms with Gasteiger partial charge in [0, 0.05) is 29.5 Å². The number of hydrogen-bond donors (Lipinski definition) is 0. The smallest absolute Gasteiger partial charge is 0.182 e. The van der Waals surface area contributed by atoms with Crippen molar-refractivity contribution in [3.63, 3.8) is 0 Å². The molecule has 0 amide bonds. The average Bonchev–Trinajstić information content (AvgIpc) is 2.69. The lowest BCUT2D eigenvalue weighted by atomic mass is 10.1. The first kappa shape index (κ1) is 18.2. The lowest BCUT2D eigenvalue weighted by Gasteiger charge is -2.21. The number of unbranched alkanes of at least 4 members (excludes halogenated alkanes) is 1. The van der Waals surface area contributed by atoms with E-state index in [2.05, 4.69) is 37.3 Å². The van der Waals surface area contributed by atoms with Crippen LogP contribution in [0.2, 0.25) is 0 Å². The molecule has 1 rings (SSSR count). The summed E-state index contributed by atoms with van der Waals surface area (Å²) in [5, 5.41) is -0.460. The normalized spacial score (nSPS) is 13.2. The predicted molar refractivity (Wildman–Crippen MR) is 90.6 cm³/mol. The molecule has 1 atom stereocenters. The highest BCUT2D eigenvalue weighted by Gasteiger charge is 2.19. The van der Waals surface area contributed by atoms with Crippen molar-refractivity contribution in [1.82, 2.24) is 9.47 Å². The van der Waals surface area contributed by atoms with Crippen molar-refractivity contribution in [3.8, 4) is 0 Å². The van der Waals surface area contributed by atoms with Gasteiger partial charge in [-0.1, -0.05) is 0 Å². The quantitative estimate of drug-likeness (QED) is 0.411. The van der Waals surface area contributed by atoms with Crippen LogP contribution >= 0.6 is 11.6 Å². The van der Waals surface area contributed by atoms with E-state index in [0.717, 1.165) is 36.5 Å². The van der Waals surface area contributed by atoms with Crippen molar-refractivity contribution in [2.24, 2.45) is 0 Å². The first-order chi connectivity index (χ1) is 9.75. The molecule has 1 aromatic heterocycles. The van der Waals surface area contributed by atoms with E-state index in [1.165, 1.54) is 6.42 Å². The Bertz CT molecular complexity index is 477. The van der Waals surface area contributed by atoms with Gasteiger partial charge in [-0.2, -0.15) is 0 Å². The van der Waals surface area contributed by atoms with Crippen LogP contribution in [-0.4, -0.2) is 40.3 Å². The maximum absolute atomic E-state index is 12.1. The minimum atomic E-state index is -0.460. The van der Waals surface area contributed by atoms with Crippen LogP contribution in [0.5, 0.6) is 0 Å². The molecule has 4 heteroatoms. The highest BCUT2D eigenvalue weighted by molar-refractivity contribution is 6.33. The number of ketones is 1. The Labute approximate surface area is 134 Å². The number of nitrogens with zero attached hydrogens (tertiary/aromatic N) is 2. The van der Waals surface area contributed by atoms with Crippen LogP contribution in [0.15, 0.2) is 6.07 Å². The van der Waals surface area contributed by atoms with E-state index in [4.69, 9.17) is 11.6 Å². The van der Waals surface area contributed by atoms with Crippen LogP contribution < -0.4 is 0 Å². The number of rotatable bonds is 8. The molecule has 21 heavy (non-hydrogen) atoms. The molecule has 120 valence electrons. The number of aromatic nitrogens is 1. The third-order valence-corrected chi connectivity index (χ3v) is 4.42. The fourth-order valence-electron chi connectivity index (χ4n) is 2.50. The molecule has 0 saturated carbocycles. The molecule has 1 aromatic rings. The van der Waals surface area contributed by atoms with Crippen LogP contribution in [-0.2, 0) is 6.54 Å². The number of aryl methyl sites for hydroxylation is 1. The van der Waals surface area contributed by atoms with Gasteiger partial charge >= 0.3 is 0 Å². The van der Waals surface area contributed by atoms with E-state index in [1.54, 1.807) is 6.92 Å². The van der Waals surface area contributed by atoms with Crippen LogP contribution in [0, 0.1) is 13.8 Å². The molecule has 0 bridgehead atoms. The van der Waals surface area contributed by atoms with Crippen LogP contribution in [0.3, 0.4) is 0 Å². The molecule has 0 fully saturated rings. The molecule has 0 aliphatic carbocycles. The molecule has 1 heterocycles. The Morgan fingerprint density at radius 3 is 2.43 bits per heavy atom. The Hall–Kier alpha value is -0.800. The van der Waals surface area contributed by atoms with E-state index in [0.29, 0.717) is 6.04 Å². The summed E-state index contributed by atoms with van der Waals surface area (Å²) in [6.07, 6.45) is 2.29. The highest BCUT2D eigenvalue weighted by Crippen LogP contribution is 2.19. The van der Waals surface area contributed by atoms with Crippen molar-refractivity contribution in [1.29, 1.82) is 0 Å². The molecular weight excluding hydrogens is 284 g/mol. The lowest BCUT2D eigenvalue weighted by Crippen LogP contribution is -2.27. The van der Waals surface area contributed by atoms with Gasteiger partial charge in [0.1, 0.15) is 0 Å². The van der Waals surface area contributed by atoms with Crippen molar-refractivity contribution in [2.75, 3.05) is 13.6 Å². The molecule has 0 N–H and O–H groups in total. The molecule has 0 aliphatic rings. The summed E-state index contributed by atoms with van der Waals surface area (Å²) < 4.78 is 2.24. The lowest BCUT2D eigenvalue weighted by molar-refractivity contribution is 0.0991. The second kappa shape index (κ2) is 8.00. The van der Waals surface area contributed by atoms with Crippen LogP contribution in [0.25, 0.3) is 0 Å². The molecule has 0 aliphatic heterocycles. The van der Waals surface area contributed by atoms with Gasteiger partial charge in [-0.05, 0) is 67.1 Å². The van der Waals surface area contributed by atoms with Crippen LogP contribution in [0.4, 0.5) is 0 Å². The van der Waals surface area contributed by atoms with Crippen molar-refractivity contribution < 1.29 is 4.79 Å². The zero-order chi connectivity index (χ0) is 16.2. The van der Waals surface area contributed by atoms with Gasteiger partial charge in [0.2, 0.25) is 0 Å². The monoisotopic (exact) mass is 312 g/mol. The van der Waals surface area contributed by atoms with Crippen molar-refractivity contribution in [2.45, 2.75) is 65.4 Å². The standard InChI is InChI=1S/C17H29ClN2O/c1-12(2)19(6)9-7-8-10-20-13(3)11-16(15(20)5)17(21)14(4)18/h11-12,14H,7-10H2,1-6H3. The number of Topliss-reactive ketones (excluding diaryl/α,β-unsaturated/α-hetero) is 1. The maximum atomic E-state index is 12.1. The number of halogens is 1. The number of carbonyl (C=O) groups excluding carboxylic acids is 1. The molecule has 0 radical (unpaired) electrons. The van der Waals surface area contributed by atoms with E-state index >= 15 is 0 Å². The van der Waals surface area contributed by atoms with Gasteiger partial charge in [-0.15, -0.1) is 11.6 Å². The van der Waals surface area contributed by atoms with Gasteiger partial charge in [-0.25, -0.2) is 0 Å².